The van der Waals surface area contributed by atoms with Crippen molar-refractivity contribution in [2.45, 2.75) is 32.8 Å². The summed E-state index contributed by atoms with van der Waals surface area (Å²) in [6.45, 7) is 1.92. The number of hydrogen-bond donors (Lipinski definition) is 0. The molecule has 1 aromatic heterocycles. The molecule has 0 aliphatic heterocycles. The van der Waals surface area contributed by atoms with Gasteiger partial charge in [-0.25, -0.2) is 9.59 Å². The molecule has 0 amide bonds. The first-order chi connectivity index (χ1) is 12.1. The fraction of sp³-hybridized carbons (Fsp3) is 0.238. The molecule has 0 N–H and O–H groups in total. The Labute approximate surface area is 145 Å². The number of carbonyl (C=O) groups excluding carboxylic acids is 1. The number of benzene rings is 2. The molecule has 1 aliphatic carbocycles. The first-order valence-electron chi connectivity index (χ1n) is 8.43. The van der Waals surface area contributed by atoms with Crippen molar-refractivity contribution in [1.82, 2.24) is 0 Å². The van der Waals surface area contributed by atoms with E-state index in [2.05, 4.69) is 6.07 Å². The van der Waals surface area contributed by atoms with Crippen LogP contribution in [0.1, 0.15) is 39.0 Å². The van der Waals surface area contributed by atoms with Gasteiger partial charge in [0.25, 0.3) is 0 Å². The van der Waals surface area contributed by atoms with Crippen LogP contribution in [0.5, 0.6) is 0 Å². The lowest BCUT2D eigenvalue weighted by atomic mass is 10.0. The standard InChI is InChI=1S/C21H18O4/c1-13-5-2-3-8-17(13)21(23)24-12-16-11-20(22)25-19-10-15-7-4-6-14(15)9-18(16)19/h2-3,5,8-11H,4,6-7,12H2,1H3. The fourth-order valence-corrected chi connectivity index (χ4v) is 3.44. The molecule has 0 bridgehead atoms. The minimum atomic E-state index is -0.424. The number of aryl methyl sites for hydroxylation is 3. The van der Waals surface area contributed by atoms with Gasteiger partial charge in [-0.2, -0.15) is 0 Å². The fourth-order valence-electron chi connectivity index (χ4n) is 3.44. The summed E-state index contributed by atoms with van der Waals surface area (Å²) in [4.78, 5) is 24.2. The Kier molecular flexibility index (Phi) is 3.88. The summed E-state index contributed by atoms with van der Waals surface area (Å²) in [5, 5.41) is 0.845. The van der Waals surface area contributed by atoms with Crippen LogP contribution < -0.4 is 5.63 Å². The maximum atomic E-state index is 12.3. The Morgan fingerprint density at radius 3 is 2.68 bits per heavy atom. The highest BCUT2D eigenvalue weighted by Crippen LogP contribution is 2.28. The van der Waals surface area contributed by atoms with Gasteiger partial charge in [0.15, 0.2) is 0 Å². The van der Waals surface area contributed by atoms with Gasteiger partial charge in [-0.3, -0.25) is 0 Å². The Balaban J connectivity index is 1.66. The van der Waals surface area contributed by atoms with E-state index in [1.165, 1.54) is 17.2 Å². The van der Waals surface area contributed by atoms with Gasteiger partial charge in [-0.1, -0.05) is 18.2 Å². The number of ether oxygens (including phenoxy) is 1. The summed E-state index contributed by atoms with van der Waals surface area (Å²) in [6.07, 6.45) is 3.17. The van der Waals surface area contributed by atoms with Crippen LogP contribution in [0.4, 0.5) is 0 Å². The zero-order valence-electron chi connectivity index (χ0n) is 14.0. The van der Waals surface area contributed by atoms with Crippen molar-refractivity contribution >= 4 is 16.9 Å². The maximum Gasteiger partial charge on any atom is 0.338 e. The van der Waals surface area contributed by atoms with Crippen molar-refractivity contribution in [2.75, 3.05) is 0 Å². The van der Waals surface area contributed by atoms with E-state index in [0.29, 0.717) is 16.7 Å². The predicted molar refractivity (Wildman–Crippen MR) is 94.8 cm³/mol. The average Bonchev–Trinajstić information content (AvgIpc) is 3.05. The highest BCUT2D eigenvalue weighted by molar-refractivity contribution is 5.91. The van der Waals surface area contributed by atoms with Crippen LogP contribution in [0.15, 0.2) is 51.7 Å². The lowest BCUT2D eigenvalue weighted by Crippen LogP contribution is -2.09. The van der Waals surface area contributed by atoms with E-state index < -0.39 is 5.63 Å². The van der Waals surface area contributed by atoms with E-state index in [-0.39, 0.29) is 12.6 Å². The van der Waals surface area contributed by atoms with Gasteiger partial charge in [-0.15, -0.1) is 0 Å². The Morgan fingerprint density at radius 2 is 1.88 bits per heavy atom. The summed E-state index contributed by atoms with van der Waals surface area (Å²) >= 11 is 0. The van der Waals surface area contributed by atoms with Gasteiger partial charge in [0.2, 0.25) is 0 Å². The van der Waals surface area contributed by atoms with Gasteiger partial charge in [0, 0.05) is 17.0 Å². The van der Waals surface area contributed by atoms with E-state index >= 15 is 0 Å². The highest BCUT2D eigenvalue weighted by atomic mass is 16.5. The molecule has 0 spiro atoms. The van der Waals surface area contributed by atoms with Crippen LogP contribution >= 0.6 is 0 Å². The smallest absolute Gasteiger partial charge is 0.338 e. The second kappa shape index (κ2) is 6.20. The number of hydrogen-bond acceptors (Lipinski definition) is 4. The van der Waals surface area contributed by atoms with Crippen molar-refractivity contribution in [2.24, 2.45) is 0 Å². The first kappa shape index (κ1) is 15.6. The number of rotatable bonds is 3. The maximum absolute atomic E-state index is 12.3. The molecule has 126 valence electrons. The third-order valence-corrected chi connectivity index (χ3v) is 4.77. The third kappa shape index (κ3) is 2.95. The van der Waals surface area contributed by atoms with Crippen molar-refractivity contribution < 1.29 is 13.9 Å². The first-order valence-corrected chi connectivity index (χ1v) is 8.43. The monoisotopic (exact) mass is 334 g/mol. The molecule has 0 fully saturated rings. The summed E-state index contributed by atoms with van der Waals surface area (Å²) in [7, 11) is 0. The molecule has 2 aromatic carbocycles. The lowest BCUT2D eigenvalue weighted by molar-refractivity contribution is 0.0473. The van der Waals surface area contributed by atoms with Gasteiger partial charge in [0.05, 0.1) is 5.56 Å². The van der Waals surface area contributed by atoms with Crippen molar-refractivity contribution in [1.29, 1.82) is 0 Å². The van der Waals surface area contributed by atoms with E-state index in [0.717, 1.165) is 30.2 Å². The molecule has 4 heteroatoms. The lowest BCUT2D eigenvalue weighted by Gasteiger charge is -2.10. The molecule has 4 nitrogen and oxygen atoms in total. The Hall–Kier alpha value is -2.88. The SMILES string of the molecule is Cc1ccccc1C(=O)OCc1cc(=O)oc2cc3c(cc12)CCC3. The van der Waals surface area contributed by atoms with Crippen LogP contribution in [0, 0.1) is 6.92 Å². The van der Waals surface area contributed by atoms with Crippen molar-refractivity contribution in [3.05, 3.63) is 80.7 Å². The van der Waals surface area contributed by atoms with Gasteiger partial charge in [-0.05, 0) is 61.1 Å². The van der Waals surface area contributed by atoms with Crippen LogP contribution in [0.3, 0.4) is 0 Å². The Morgan fingerprint density at radius 1 is 1.12 bits per heavy atom. The summed E-state index contributed by atoms with van der Waals surface area (Å²) in [5.41, 5.74) is 4.75. The molecule has 0 atom stereocenters. The third-order valence-electron chi connectivity index (χ3n) is 4.77. The van der Waals surface area contributed by atoms with Crippen molar-refractivity contribution in [3.63, 3.8) is 0 Å². The summed E-state index contributed by atoms with van der Waals surface area (Å²) in [6, 6.07) is 12.7. The topological polar surface area (TPSA) is 56.5 Å². The number of carbonyl (C=O) groups is 1. The number of esters is 1. The molecular weight excluding hydrogens is 316 g/mol. The van der Waals surface area contributed by atoms with E-state index in [1.54, 1.807) is 12.1 Å². The highest BCUT2D eigenvalue weighted by Gasteiger charge is 2.16. The van der Waals surface area contributed by atoms with E-state index in [9.17, 15) is 9.59 Å². The second-order valence-corrected chi connectivity index (χ2v) is 6.45. The molecule has 3 aromatic rings. The molecule has 25 heavy (non-hydrogen) atoms. The zero-order chi connectivity index (χ0) is 17.4. The predicted octanol–water partition coefficient (Wildman–Crippen LogP) is 3.95. The van der Waals surface area contributed by atoms with Gasteiger partial charge < -0.3 is 9.15 Å². The molecule has 0 unspecified atom stereocenters. The molecule has 0 saturated carbocycles. The summed E-state index contributed by atoms with van der Waals surface area (Å²) < 4.78 is 10.8. The van der Waals surface area contributed by atoms with Crippen LogP contribution in [0.2, 0.25) is 0 Å². The van der Waals surface area contributed by atoms with Gasteiger partial charge in [0.1, 0.15) is 12.2 Å². The van der Waals surface area contributed by atoms with Crippen LogP contribution in [-0.4, -0.2) is 5.97 Å². The quantitative estimate of drug-likeness (QED) is 0.538. The summed E-state index contributed by atoms with van der Waals surface area (Å²) in [5.74, 6) is -0.388. The normalized spacial score (nSPS) is 13.0. The van der Waals surface area contributed by atoms with Crippen molar-refractivity contribution in [3.8, 4) is 0 Å². The largest absolute Gasteiger partial charge is 0.457 e. The second-order valence-electron chi connectivity index (χ2n) is 6.45. The van der Waals surface area contributed by atoms with E-state index in [1.807, 2.05) is 25.1 Å². The van der Waals surface area contributed by atoms with Gasteiger partial charge >= 0.3 is 11.6 Å². The minimum absolute atomic E-state index is 0.0497. The molecule has 1 heterocycles. The van der Waals surface area contributed by atoms with Crippen LogP contribution in [-0.2, 0) is 24.2 Å². The number of fused-ring (bicyclic) bond motifs is 2. The Bertz CT molecular complexity index is 1030. The zero-order valence-corrected chi connectivity index (χ0v) is 14.0. The molecule has 0 saturated heterocycles. The molecule has 0 radical (unpaired) electrons. The van der Waals surface area contributed by atoms with E-state index in [4.69, 9.17) is 9.15 Å². The molecular formula is C21H18O4. The van der Waals surface area contributed by atoms with Crippen LogP contribution in [0.25, 0.3) is 11.0 Å². The molecule has 1 aliphatic rings. The average molecular weight is 334 g/mol. The molecule has 4 rings (SSSR count). The minimum Gasteiger partial charge on any atom is -0.457 e.